The molecule has 0 radical (unpaired) electrons. The molecule has 0 aliphatic carbocycles. The Morgan fingerprint density at radius 3 is 2.17 bits per heavy atom. The van der Waals surface area contributed by atoms with Gasteiger partial charge in [-0.2, -0.15) is 0 Å². The molecule has 41 heavy (non-hydrogen) atoms. The number of rotatable bonds is 10. The summed E-state index contributed by atoms with van der Waals surface area (Å²) in [6.45, 7) is 16.1. The fraction of sp³-hybridized carbons (Fsp3) is 0.633. The van der Waals surface area contributed by atoms with Gasteiger partial charge in [-0.1, -0.05) is 47.1 Å². The molecule has 1 aliphatic rings. The van der Waals surface area contributed by atoms with Crippen molar-refractivity contribution in [2.24, 2.45) is 11.3 Å². The lowest BCUT2D eigenvalue weighted by molar-refractivity contribution is -0.142. The van der Waals surface area contributed by atoms with Gasteiger partial charge in [0.2, 0.25) is 11.8 Å². The summed E-state index contributed by atoms with van der Waals surface area (Å²) in [5.74, 6) is -1.33. The Morgan fingerprint density at radius 1 is 1.07 bits per heavy atom. The van der Waals surface area contributed by atoms with Crippen molar-refractivity contribution in [1.82, 2.24) is 19.8 Å². The van der Waals surface area contributed by atoms with Gasteiger partial charge in [-0.25, -0.2) is 13.1 Å². The van der Waals surface area contributed by atoms with E-state index in [9.17, 15) is 22.8 Å². The van der Waals surface area contributed by atoms with E-state index in [1.54, 1.807) is 13.1 Å². The number of amides is 3. The van der Waals surface area contributed by atoms with Crippen LogP contribution in [0, 0.1) is 11.3 Å². The Morgan fingerprint density at radius 2 is 1.66 bits per heavy atom. The summed E-state index contributed by atoms with van der Waals surface area (Å²) in [6.07, 6.45) is 4.35. The molecule has 1 aliphatic heterocycles. The molecule has 0 bridgehead atoms. The molecular weight excluding hydrogens is 542 g/mol. The molecule has 10 nitrogen and oxygen atoms in total. The number of benzene rings is 1. The van der Waals surface area contributed by atoms with Crippen LogP contribution >= 0.6 is 0 Å². The maximum atomic E-state index is 13.9. The first-order chi connectivity index (χ1) is 18.9. The molecule has 1 aromatic rings. The van der Waals surface area contributed by atoms with E-state index < -0.39 is 33.4 Å². The molecular formula is C30H49N5O5S. The predicted octanol–water partition coefficient (Wildman–Crippen LogP) is 3.30. The van der Waals surface area contributed by atoms with E-state index in [0.717, 1.165) is 25.8 Å². The number of piperidine rings is 1. The number of anilines is 1. The maximum absolute atomic E-state index is 13.9. The summed E-state index contributed by atoms with van der Waals surface area (Å²) >= 11 is 0. The third kappa shape index (κ3) is 9.03. The molecule has 0 unspecified atom stereocenters. The van der Waals surface area contributed by atoms with Gasteiger partial charge in [-0.05, 0) is 75.8 Å². The third-order valence-electron chi connectivity index (χ3n) is 7.58. The lowest BCUT2D eigenvalue weighted by Gasteiger charge is -2.41. The molecule has 0 aromatic heterocycles. The SMILES string of the molecule is C/C(=C\[C@H](C(C)C)N(C)C(=O)[C@@H](NC(=O)[C@H]1CCCCN1C(C)C)C(C)(C)C)C(=O)NS(=O)(=O)c1ccc(N)cc1. The van der Waals surface area contributed by atoms with Crippen molar-refractivity contribution >= 4 is 33.4 Å². The van der Waals surface area contributed by atoms with Gasteiger partial charge in [0.1, 0.15) is 6.04 Å². The van der Waals surface area contributed by atoms with Gasteiger partial charge < -0.3 is 16.0 Å². The van der Waals surface area contributed by atoms with Crippen LogP contribution in [0.15, 0.2) is 40.8 Å². The molecule has 0 saturated carbocycles. The van der Waals surface area contributed by atoms with Gasteiger partial charge in [0.05, 0.1) is 17.0 Å². The van der Waals surface area contributed by atoms with Crippen molar-refractivity contribution in [3.63, 3.8) is 0 Å². The summed E-state index contributed by atoms with van der Waals surface area (Å²) in [5, 5.41) is 3.06. The number of sulfonamides is 1. The van der Waals surface area contributed by atoms with Gasteiger partial charge in [-0.3, -0.25) is 19.3 Å². The lowest BCUT2D eigenvalue weighted by atomic mass is 9.84. The van der Waals surface area contributed by atoms with E-state index in [-0.39, 0.29) is 40.3 Å². The number of carbonyl (C=O) groups is 3. The highest BCUT2D eigenvalue weighted by molar-refractivity contribution is 7.90. The molecule has 4 N–H and O–H groups in total. The van der Waals surface area contributed by atoms with Gasteiger partial charge >= 0.3 is 0 Å². The number of likely N-dealkylation sites (N-methyl/N-ethyl adjacent to an activating group) is 1. The highest BCUT2D eigenvalue weighted by Gasteiger charge is 2.40. The van der Waals surface area contributed by atoms with E-state index in [0.29, 0.717) is 5.69 Å². The Labute approximate surface area is 246 Å². The van der Waals surface area contributed by atoms with Gasteiger partial charge in [0, 0.05) is 24.4 Å². The summed E-state index contributed by atoms with van der Waals surface area (Å²) in [7, 11) is -2.47. The van der Waals surface area contributed by atoms with Crippen LogP contribution in [0.2, 0.25) is 0 Å². The minimum atomic E-state index is -4.11. The fourth-order valence-corrected chi connectivity index (χ4v) is 6.10. The minimum Gasteiger partial charge on any atom is -0.399 e. The van der Waals surface area contributed by atoms with E-state index >= 15 is 0 Å². The molecule has 3 atom stereocenters. The topological polar surface area (TPSA) is 142 Å². The highest BCUT2D eigenvalue weighted by Crippen LogP contribution is 2.26. The quantitative estimate of drug-likeness (QED) is 0.280. The number of nitrogens with two attached hydrogens (primary N) is 1. The van der Waals surface area contributed by atoms with Crippen LogP contribution < -0.4 is 15.8 Å². The van der Waals surface area contributed by atoms with Crippen LogP contribution in [-0.4, -0.2) is 73.7 Å². The van der Waals surface area contributed by atoms with Crippen molar-refractivity contribution in [3.8, 4) is 0 Å². The molecule has 2 rings (SSSR count). The molecule has 3 amide bonds. The normalized spacial score (nSPS) is 18.6. The van der Waals surface area contributed by atoms with Gasteiger partial charge in [0.15, 0.2) is 0 Å². The van der Waals surface area contributed by atoms with Crippen molar-refractivity contribution in [3.05, 3.63) is 35.9 Å². The summed E-state index contributed by atoms with van der Waals surface area (Å²) in [5.41, 5.74) is 5.61. The van der Waals surface area contributed by atoms with Crippen molar-refractivity contribution in [2.45, 2.75) is 104 Å². The highest BCUT2D eigenvalue weighted by atomic mass is 32.2. The standard InChI is InChI=1S/C30H49N5O5S/c1-19(2)25(18-21(5)27(36)33-41(39,40)23-15-13-22(31)14-16-23)34(9)29(38)26(30(6,7)8)32-28(37)24-12-10-11-17-35(24)20(3)4/h13-16,18-20,24-26H,10-12,17,31H2,1-9H3,(H,32,37)(H,33,36)/b21-18+/t24-,25-,26-/m1/s1. The van der Waals surface area contributed by atoms with Gasteiger partial charge in [0.25, 0.3) is 15.9 Å². The second kappa shape index (κ2) is 13.8. The number of nitrogens with one attached hydrogen (secondary N) is 2. The van der Waals surface area contributed by atoms with Crippen molar-refractivity contribution < 1.29 is 22.8 Å². The first-order valence-corrected chi connectivity index (χ1v) is 15.8. The monoisotopic (exact) mass is 591 g/mol. The Kier molecular flexibility index (Phi) is 11.6. The molecule has 0 spiro atoms. The van der Waals surface area contributed by atoms with E-state index in [1.165, 1.54) is 36.1 Å². The Bertz CT molecular complexity index is 1220. The average molecular weight is 592 g/mol. The van der Waals surface area contributed by atoms with Crippen LogP contribution in [0.1, 0.15) is 74.7 Å². The first-order valence-electron chi connectivity index (χ1n) is 14.3. The lowest BCUT2D eigenvalue weighted by Crippen LogP contribution is -2.60. The number of likely N-dealkylation sites (tertiary alicyclic amines) is 1. The van der Waals surface area contributed by atoms with E-state index in [1.807, 2.05) is 34.6 Å². The Hall–Kier alpha value is -2.92. The maximum Gasteiger partial charge on any atom is 0.264 e. The molecule has 1 aromatic carbocycles. The average Bonchev–Trinajstić information content (AvgIpc) is 2.88. The number of hydrogen-bond donors (Lipinski definition) is 3. The van der Waals surface area contributed by atoms with Gasteiger partial charge in [-0.15, -0.1) is 0 Å². The summed E-state index contributed by atoms with van der Waals surface area (Å²) < 4.78 is 27.5. The van der Waals surface area contributed by atoms with Crippen LogP contribution in [-0.2, 0) is 24.4 Å². The minimum absolute atomic E-state index is 0.0849. The number of nitrogen functional groups attached to an aromatic ring is 1. The first kappa shape index (κ1) is 34.3. The predicted molar refractivity (Wildman–Crippen MR) is 162 cm³/mol. The zero-order chi connectivity index (χ0) is 31.3. The van der Waals surface area contributed by atoms with Crippen LogP contribution in [0.3, 0.4) is 0 Å². The van der Waals surface area contributed by atoms with E-state index in [4.69, 9.17) is 5.73 Å². The smallest absolute Gasteiger partial charge is 0.264 e. The molecule has 230 valence electrons. The van der Waals surface area contributed by atoms with Crippen molar-refractivity contribution in [2.75, 3.05) is 19.3 Å². The molecule has 11 heteroatoms. The number of nitrogens with zero attached hydrogens (tertiary/aromatic N) is 2. The van der Waals surface area contributed by atoms with E-state index in [2.05, 4.69) is 28.8 Å². The van der Waals surface area contributed by atoms with Crippen LogP contribution in [0.25, 0.3) is 0 Å². The summed E-state index contributed by atoms with van der Waals surface area (Å²) in [4.78, 5) is 43.9. The van der Waals surface area contributed by atoms with Crippen LogP contribution in [0.4, 0.5) is 5.69 Å². The van der Waals surface area contributed by atoms with Crippen LogP contribution in [0.5, 0.6) is 0 Å². The van der Waals surface area contributed by atoms with Crippen molar-refractivity contribution in [1.29, 1.82) is 0 Å². The number of hydrogen-bond acceptors (Lipinski definition) is 7. The second-order valence-electron chi connectivity index (χ2n) is 12.7. The molecule has 1 saturated heterocycles. The zero-order valence-electron chi connectivity index (χ0n) is 26.0. The third-order valence-corrected chi connectivity index (χ3v) is 8.93. The summed E-state index contributed by atoms with van der Waals surface area (Å²) in [6, 6.07) is 4.12. The second-order valence-corrected chi connectivity index (χ2v) is 14.4. The molecule has 1 heterocycles. The molecule has 1 fully saturated rings. The Balaban J connectivity index is 2.27. The largest absolute Gasteiger partial charge is 0.399 e. The number of carbonyl (C=O) groups excluding carboxylic acids is 3. The zero-order valence-corrected chi connectivity index (χ0v) is 26.8. The fourth-order valence-electron chi connectivity index (χ4n) is 5.08.